The van der Waals surface area contributed by atoms with Crippen molar-refractivity contribution in [3.63, 3.8) is 0 Å². The maximum Gasteiger partial charge on any atom is 0.150 e. The summed E-state index contributed by atoms with van der Waals surface area (Å²) in [5.74, 6) is -1.38. The number of rotatable bonds is 5. The van der Waals surface area contributed by atoms with Gasteiger partial charge >= 0.3 is 0 Å². The lowest BCUT2D eigenvalue weighted by molar-refractivity contribution is 0.581. The highest BCUT2D eigenvalue weighted by Gasteiger charge is 2.17. The first-order valence-electron chi connectivity index (χ1n) is 6.11. The van der Waals surface area contributed by atoms with Crippen molar-refractivity contribution in [2.75, 3.05) is 5.32 Å². The SMILES string of the molecule is CCC(Nc1c(F)cc(C(N)=S)cc1F)c1cccs1. The maximum atomic E-state index is 14.0. The van der Waals surface area contributed by atoms with Crippen molar-refractivity contribution in [3.05, 3.63) is 51.7 Å². The van der Waals surface area contributed by atoms with Gasteiger partial charge in [0.15, 0.2) is 0 Å². The zero-order valence-electron chi connectivity index (χ0n) is 10.8. The van der Waals surface area contributed by atoms with E-state index in [1.165, 1.54) is 0 Å². The van der Waals surface area contributed by atoms with Gasteiger partial charge in [0.1, 0.15) is 22.3 Å². The van der Waals surface area contributed by atoms with Crippen LogP contribution in [0.2, 0.25) is 0 Å². The summed E-state index contributed by atoms with van der Waals surface area (Å²) in [5, 5.41) is 4.84. The summed E-state index contributed by atoms with van der Waals surface area (Å²) in [6.07, 6.45) is 0.719. The van der Waals surface area contributed by atoms with Crippen LogP contribution in [0.25, 0.3) is 0 Å². The molecule has 2 nitrogen and oxygen atoms in total. The first-order valence-corrected chi connectivity index (χ1v) is 7.40. The molecule has 2 aromatic rings. The number of thiocarbonyl (C=S) groups is 1. The summed E-state index contributed by atoms with van der Waals surface area (Å²) in [7, 11) is 0. The second-order valence-electron chi connectivity index (χ2n) is 4.30. The fourth-order valence-electron chi connectivity index (χ4n) is 1.89. The Morgan fingerprint density at radius 1 is 1.40 bits per heavy atom. The predicted octanol–water partition coefficient (Wildman–Crippen LogP) is 4.22. The van der Waals surface area contributed by atoms with E-state index >= 15 is 0 Å². The van der Waals surface area contributed by atoms with E-state index in [4.69, 9.17) is 18.0 Å². The summed E-state index contributed by atoms with van der Waals surface area (Å²) in [6.45, 7) is 1.95. The van der Waals surface area contributed by atoms with Crippen molar-refractivity contribution in [2.45, 2.75) is 19.4 Å². The van der Waals surface area contributed by atoms with E-state index in [2.05, 4.69) is 5.32 Å². The number of hydrogen-bond acceptors (Lipinski definition) is 3. The van der Waals surface area contributed by atoms with Crippen molar-refractivity contribution in [3.8, 4) is 0 Å². The van der Waals surface area contributed by atoms with Crippen LogP contribution in [0.3, 0.4) is 0 Å². The Kier molecular flexibility index (Phi) is 4.67. The minimum atomic E-state index is -0.692. The Hall–Kier alpha value is -1.53. The molecule has 0 aliphatic rings. The van der Waals surface area contributed by atoms with Gasteiger partial charge in [0.2, 0.25) is 0 Å². The molecule has 1 heterocycles. The normalized spacial score (nSPS) is 12.2. The van der Waals surface area contributed by atoms with Crippen molar-refractivity contribution in [1.82, 2.24) is 0 Å². The Balaban J connectivity index is 2.31. The zero-order valence-corrected chi connectivity index (χ0v) is 12.5. The van der Waals surface area contributed by atoms with E-state index in [9.17, 15) is 8.78 Å². The van der Waals surface area contributed by atoms with Gasteiger partial charge < -0.3 is 11.1 Å². The van der Waals surface area contributed by atoms with Crippen LogP contribution < -0.4 is 11.1 Å². The fraction of sp³-hybridized carbons (Fsp3) is 0.214. The monoisotopic (exact) mass is 312 g/mol. The van der Waals surface area contributed by atoms with Gasteiger partial charge in [-0.2, -0.15) is 0 Å². The molecule has 2 rings (SSSR count). The summed E-state index contributed by atoms with van der Waals surface area (Å²) < 4.78 is 28.0. The molecular weight excluding hydrogens is 298 g/mol. The van der Waals surface area contributed by atoms with Crippen molar-refractivity contribution < 1.29 is 8.78 Å². The van der Waals surface area contributed by atoms with Gasteiger partial charge in [-0.05, 0) is 30.0 Å². The lowest BCUT2D eigenvalue weighted by atomic mass is 10.1. The molecule has 3 N–H and O–H groups in total. The molecule has 1 aromatic heterocycles. The summed E-state index contributed by atoms with van der Waals surface area (Å²) in [5.41, 5.74) is 5.42. The Morgan fingerprint density at radius 2 is 2.05 bits per heavy atom. The molecule has 0 aliphatic carbocycles. The highest BCUT2D eigenvalue weighted by molar-refractivity contribution is 7.80. The van der Waals surface area contributed by atoms with E-state index < -0.39 is 11.6 Å². The average Bonchev–Trinajstić information content (AvgIpc) is 2.91. The Morgan fingerprint density at radius 3 is 2.50 bits per heavy atom. The second kappa shape index (κ2) is 6.28. The summed E-state index contributed by atoms with van der Waals surface area (Å²) in [6, 6.07) is 6.01. The predicted molar refractivity (Wildman–Crippen MR) is 83.2 cm³/mol. The molecule has 0 amide bonds. The molecule has 0 saturated carbocycles. The number of halogens is 2. The topological polar surface area (TPSA) is 38.0 Å². The molecule has 20 heavy (non-hydrogen) atoms. The molecule has 0 bridgehead atoms. The quantitative estimate of drug-likeness (QED) is 0.812. The molecule has 6 heteroatoms. The van der Waals surface area contributed by atoms with Crippen molar-refractivity contribution in [1.29, 1.82) is 0 Å². The van der Waals surface area contributed by atoms with Crippen LogP contribution in [-0.2, 0) is 0 Å². The number of anilines is 1. The van der Waals surface area contributed by atoms with Gasteiger partial charge in [-0.25, -0.2) is 8.78 Å². The molecule has 1 atom stereocenters. The van der Waals surface area contributed by atoms with E-state index in [1.807, 2.05) is 24.4 Å². The molecule has 106 valence electrons. The fourth-order valence-corrected chi connectivity index (χ4v) is 2.87. The third-order valence-electron chi connectivity index (χ3n) is 2.94. The molecule has 1 aromatic carbocycles. The van der Waals surface area contributed by atoms with Gasteiger partial charge in [-0.3, -0.25) is 0 Å². The van der Waals surface area contributed by atoms with Gasteiger partial charge in [0.25, 0.3) is 0 Å². The highest BCUT2D eigenvalue weighted by atomic mass is 32.1. The van der Waals surface area contributed by atoms with Gasteiger partial charge in [-0.15, -0.1) is 11.3 Å². The van der Waals surface area contributed by atoms with E-state index in [-0.39, 0.29) is 22.3 Å². The second-order valence-corrected chi connectivity index (χ2v) is 5.72. The number of nitrogens with two attached hydrogens (primary N) is 1. The van der Waals surface area contributed by atoms with Crippen LogP contribution in [0.4, 0.5) is 14.5 Å². The van der Waals surface area contributed by atoms with Crippen LogP contribution in [0.1, 0.15) is 29.8 Å². The molecule has 0 aliphatic heterocycles. The average molecular weight is 312 g/mol. The van der Waals surface area contributed by atoms with Crippen LogP contribution in [0.5, 0.6) is 0 Å². The zero-order chi connectivity index (χ0) is 14.7. The van der Waals surface area contributed by atoms with E-state index in [0.29, 0.717) is 0 Å². The van der Waals surface area contributed by atoms with Crippen molar-refractivity contribution >= 4 is 34.2 Å². The minimum Gasteiger partial charge on any atom is -0.389 e. The van der Waals surface area contributed by atoms with Crippen LogP contribution in [0.15, 0.2) is 29.6 Å². The minimum absolute atomic E-state index is 0.0281. The van der Waals surface area contributed by atoms with Gasteiger partial charge in [-0.1, -0.05) is 25.2 Å². The third-order valence-corrected chi connectivity index (χ3v) is 4.16. The molecule has 0 spiro atoms. The molecule has 0 saturated heterocycles. The first kappa shape index (κ1) is 14.9. The smallest absolute Gasteiger partial charge is 0.150 e. The highest BCUT2D eigenvalue weighted by Crippen LogP contribution is 2.29. The van der Waals surface area contributed by atoms with Crippen LogP contribution in [-0.4, -0.2) is 4.99 Å². The molecule has 0 radical (unpaired) electrons. The first-order chi connectivity index (χ1) is 9.52. The Bertz CT molecular complexity index is 589. The van der Waals surface area contributed by atoms with E-state index in [1.54, 1.807) is 11.3 Å². The summed E-state index contributed by atoms with van der Waals surface area (Å²) >= 11 is 6.27. The lowest BCUT2D eigenvalue weighted by Gasteiger charge is -2.18. The maximum absolute atomic E-state index is 14.0. The van der Waals surface area contributed by atoms with Crippen LogP contribution >= 0.6 is 23.6 Å². The van der Waals surface area contributed by atoms with Gasteiger partial charge in [0.05, 0.1) is 6.04 Å². The molecule has 0 fully saturated rings. The molecular formula is C14H14F2N2S2. The van der Waals surface area contributed by atoms with Crippen molar-refractivity contribution in [2.24, 2.45) is 5.73 Å². The van der Waals surface area contributed by atoms with E-state index in [0.717, 1.165) is 23.4 Å². The number of thiophene rings is 1. The van der Waals surface area contributed by atoms with Crippen LogP contribution in [0, 0.1) is 11.6 Å². The van der Waals surface area contributed by atoms with Gasteiger partial charge in [0, 0.05) is 10.4 Å². The molecule has 1 unspecified atom stereocenters. The third kappa shape index (κ3) is 3.13. The number of benzene rings is 1. The number of nitrogens with one attached hydrogen (secondary N) is 1. The lowest BCUT2D eigenvalue weighted by Crippen LogP contribution is -2.14. The standard InChI is InChI=1S/C14H14F2N2S2/c1-2-11(12-4-3-5-20-12)18-13-9(15)6-8(14(17)19)7-10(13)16/h3-7,11,18H,2H2,1H3,(H2,17,19). The largest absolute Gasteiger partial charge is 0.389 e. The summed E-state index contributed by atoms with van der Waals surface area (Å²) in [4.78, 5) is 1.00. The Labute approximate surface area is 125 Å². The number of hydrogen-bond donors (Lipinski definition) is 2.